The van der Waals surface area contributed by atoms with Gasteiger partial charge in [0.1, 0.15) is 0 Å². The van der Waals surface area contributed by atoms with Crippen LogP contribution in [0.25, 0.3) is 0 Å². The lowest BCUT2D eigenvalue weighted by Gasteiger charge is -2.57. The number of allylic oxidation sites excluding steroid dienone is 2. The van der Waals surface area contributed by atoms with Crippen LogP contribution >= 0.6 is 0 Å². The Kier molecular flexibility index (Phi) is 4.14. The molecule has 0 bridgehead atoms. The summed E-state index contributed by atoms with van der Waals surface area (Å²) in [6, 6.07) is 0. The third kappa shape index (κ3) is 2.45. The van der Waals surface area contributed by atoms with E-state index in [0.717, 1.165) is 51.2 Å². The molecular weight excluding hydrogens is 312 g/mol. The minimum atomic E-state index is -0.150. The molecule has 0 heterocycles. The molecule has 3 heteroatoms. The molecule has 3 saturated carbocycles. The minimum Gasteiger partial charge on any atom is -0.515 e. The second kappa shape index (κ2) is 5.97. The van der Waals surface area contributed by atoms with E-state index in [-0.39, 0.29) is 28.6 Å². The maximum Gasteiger partial charge on any atom is 0.162 e. The first-order chi connectivity index (χ1) is 11.9. The normalized spacial score (nSPS) is 49.2. The fourth-order valence-corrected chi connectivity index (χ4v) is 7.30. The van der Waals surface area contributed by atoms with Crippen molar-refractivity contribution in [1.82, 2.24) is 0 Å². The molecule has 0 aliphatic heterocycles. The number of fused-ring (bicyclic) bond motifs is 5. The van der Waals surface area contributed by atoms with Crippen molar-refractivity contribution < 1.29 is 15.0 Å². The van der Waals surface area contributed by atoms with Gasteiger partial charge in [-0.25, -0.2) is 0 Å². The first kappa shape index (κ1) is 17.3. The molecule has 3 nitrogen and oxygen atoms in total. The Bertz CT molecular complexity index is 621. The van der Waals surface area contributed by atoms with Crippen molar-refractivity contribution in [3.05, 3.63) is 24.0 Å². The summed E-state index contributed by atoms with van der Waals surface area (Å²) in [4.78, 5) is 12.5. The van der Waals surface area contributed by atoms with Crippen LogP contribution in [0.3, 0.4) is 0 Å². The van der Waals surface area contributed by atoms with Crippen LogP contribution in [-0.4, -0.2) is 22.1 Å². The highest BCUT2D eigenvalue weighted by atomic mass is 16.3. The summed E-state index contributed by atoms with van der Waals surface area (Å²) >= 11 is 0. The Morgan fingerprint density at radius 1 is 1.16 bits per heavy atom. The summed E-state index contributed by atoms with van der Waals surface area (Å²) in [5.74, 6) is 2.20. The van der Waals surface area contributed by atoms with Crippen LogP contribution in [0.2, 0.25) is 0 Å². The molecule has 4 aliphatic carbocycles. The average molecular weight is 344 g/mol. The minimum absolute atomic E-state index is 0.0770. The van der Waals surface area contributed by atoms with Crippen LogP contribution in [0.1, 0.15) is 65.2 Å². The van der Waals surface area contributed by atoms with Crippen LogP contribution < -0.4 is 0 Å². The quantitative estimate of drug-likeness (QED) is 0.438. The van der Waals surface area contributed by atoms with Gasteiger partial charge in [-0.1, -0.05) is 25.5 Å². The highest BCUT2D eigenvalue weighted by Crippen LogP contribution is 2.66. The monoisotopic (exact) mass is 344 g/mol. The van der Waals surface area contributed by atoms with Gasteiger partial charge in [-0.3, -0.25) is 4.79 Å². The highest BCUT2D eigenvalue weighted by Gasteiger charge is 2.59. The van der Waals surface area contributed by atoms with E-state index in [1.54, 1.807) is 0 Å². The van der Waals surface area contributed by atoms with E-state index in [2.05, 4.69) is 19.9 Å². The number of rotatable bonds is 2. The van der Waals surface area contributed by atoms with Crippen molar-refractivity contribution in [2.45, 2.75) is 71.3 Å². The molecule has 4 rings (SSSR count). The molecule has 0 amide bonds. The largest absolute Gasteiger partial charge is 0.515 e. The van der Waals surface area contributed by atoms with E-state index in [4.69, 9.17) is 5.11 Å². The third-order valence-corrected chi connectivity index (χ3v) is 8.66. The zero-order valence-electron chi connectivity index (χ0n) is 15.6. The van der Waals surface area contributed by atoms with Gasteiger partial charge >= 0.3 is 0 Å². The van der Waals surface area contributed by atoms with E-state index in [1.807, 2.05) is 0 Å². The molecule has 2 N–H and O–H groups in total. The summed E-state index contributed by atoms with van der Waals surface area (Å²) in [6.45, 7) is 4.77. The lowest BCUT2D eigenvalue weighted by Crippen LogP contribution is -2.50. The van der Waals surface area contributed by atoms with E-state index < -0.39 is 0 Å². The molecule has 4 aliphatic rings. The van der Waals surface area contributed by atoms with E-state index >= 15 is 0 Å². The van der Waals surface area contributed by atoms with Gasteiger partial charge in [0, 0.05) is 12.0 Å². The summed E-state index contributed by atoms with van der Waals surface area (Å²) in [5, 5.41) is 19.1. The molecule has 0 unspecified atom stereocenters. The number of aliphatic hydroxyl groups excluding tert-OH is 2. The Morgan fingerprint density at radius 3 is 2.72 bits per heavy atom. The fraction of sp³-hybridized carbons (Fsp3) is 0.773. The number of hydrogen-bond donors (Lipinski definition) is 2. The lowest BCUT2D eigenvalue weighted by molar-refractivity contribution is -0.125. The fourth-order valence-electron chi connectivity index (χ4n) is 7.30. The molecule has 0 aromatic heterocycles. The molecule has 0 radical (unpaired) electrons. The summed E-state index contributed by atoms with van der Waals surface area (Å²) in [6.07, 6.45) is 13.1. The van der Waals surface area contributed by atoms with Crippen molar-refractivity contribution in [1.29, 1.82) is 0 Å². The number of ketones is 1. The van der Waals surface area contributed by atoms with Gasteiger partial charge in [0.2, 0.25) is 0 Å². The second-order valence-corrected chi connectivity index (χ2v) is 9.55. The van der Waals surface area contributed by atoms with Gasteiger partial charge in [0.25, 0.3) is 0 Å². The maximum absolute atomic E-state index is 12.5. The van der Waals surface area contributed by atoms with Gasteiger partial charge in [-0.15, -0.1) is 0 Å². The standard InChI is InChI=1S/C22H32O3/c1-21-10-7-15(24)13-14(21)3-4-16-17-5-6-19(20(25)9-12-23)22(17,2)11-8-18(16)21/h3,9,12,15-19,23-24H,4-8,10-11,13H2,1-2H3/b12-9+/t15-,16+,17+,18+,19-,21+,22+/m1/s1. The SMILES string of the molecule is C[C@]12CC[C@H]3[C@@H](CC=C4C[C@H](O)CC[C@@]43C)[C@@H]1CC[C@@H]2C(=O)/C=C/O. The van der Waals surface area contributed by atoms with Crippen molar-refractivity contribution in [3.8, 4) is 0 Å². The van der Waals surface area contributed by atoms with Crippen molar-refractivity contribution in [3.63, 3.8) is 0 Å². The summed E-state index contributed by atoms with van der Waals surface area (Å²) in [5.41, 5.74) is 1.86. The van der Waals surface area contributed by atoms with E-state index in [0.29, 0.717) is 17.8 Å². The van der Waals surface area contributed by atoms with E-state index in [1.165, 1.54) is 18.1 Å². The Labute approximate surface area is 151 Å². The molecule has 0 spiro atoms. The maximum atomic E-state index is 12.5. The Balaban J connectivity index is 1.63. The number of aliphatic hydroxyl groups is 2. The van der Waals surface area contributed by atoms with Gasteiger partial charge in [0.15, 0.2) is 5.78 Å². The van der Waals surface area contributed by atoms with Crippen LogP contribution in [-0.2, 0) is 4.79 Å². The van der Waals surface area contributed by atoms with Crippen LogP contribution in [0.4, 0.5) is 0 Å². The summed E-state index contributed by atoms with van der Waals surface area (Å²) in [7, 11) is 0. The van der Waals surface area contributed by atoms with Crippen molar-refractivity contribution >= 4 is 5.78 Å². The van der Waals surface area contributed by atoms with Crippen LogP contribution in [0, 0.1) is 34.5 Å². The van der Waals surface area contributed by atoms with Gasteiger partial charge in [-0.2, -0.15) is 0 Å². The first-order valence-corrected chi connectivity index (χ1v) is 10.1. The van der Waals surface area contributed by atoms with Crippen LogP contribution in [0.15, 0.2) is 24.0 Å². The Hall–Kier alpha value is -1.09. The number of hydrogen-bond acceptors (Lipinski definition) is 3. The molecule has 138 valence electrons. The summed E-state index contributed by atoms with van der Waals surface area (Å²) < 4.78 is 0. The van der Waals surface area contributed by atoms with Gasteiger partial charge in [-0.05, 0) is 80.0 Å². The predicted molar refractivity (Wildman–Crippen MR) is 98.0 cm³/mol. The molecule has 3 fully saturated rings. The lowest BCUT2D eigenvalue weighted by atomic mass is 9.47. The molecule has 0 aromatic carbocycles. The smallest absolute Gasteiger partial charge is 0.162 e. The molecule has 25 heavy (non-hydrogen) atoms. The molecular formula is C22H32O3. The van der Waals surface area contributed by atoms with Crippen molar-refractivity contribution in [2.24, 2.45) is 34.5 Å². The topological polar surface area (TPSA) is 57.5 Å². The van der Waals surface area contributed by atoms with Crippen molar-refractivity contribution in [2.75, 3.05) is 0 Å². The zero-order chi connectivity index (χ0) is 17.8. The predicted octanol–water partition coefficient (Wildman–Crippen LogP) is 4.57. The second-order valence-electron chi connectivity index (χ2n) is 9.55. The molecule has 0 aromatic rings. The van der Waals surface area contributed by atoms with Gasteiger partial charge in [0.05, 0.1) is 12.4 Å². The van der Waals surface area contributed by atoms with Gasteiger partial charge < -0.3 is 10.2 Å². The third-order valence-electron chi connectivity index (χ3n) is 8.66. The number of carbonyl (C=O) groups excluding carboxylic acids is 1. The first-order valence-electron chi connectivity index (χ1n) is 10.1. The zero-order valence-corrected chi connectivity index (χ0v) is 15.6. The molecule has 0 saturated heterocycles. The molecule has 7 atom stereocenters. The average Bonchev–Trinajstić information content (AvgIpc) is 2.93. The van der Waals surface area contributed by atoms with Crippen LogP contribution in [0.5, 0.6) is 0 Å². The highest BCUT2D eigenvalue weighted by molar-refractivity contribution is 5.92. The number of carbonyl (C=O) groups is 1. The Morgan fingerprint density at radius 2 is 1.96 bits per heavy atom. The van der Waals surface area contributed by atoms with E-state index in [9.17, 15) is 9.90 Å².